The number of ether oxygens (including phenoxy) is 2. The van der Waals surface area contributed by atoms with E-state index >= 15 is 0 Å². The van der Waals surface area contributed by atoms with Gasteiger partial charge in [0.2, 0.25) is 0 Å². The summed E-state index contributed by atoms with van der Waals surface area (Å²) in [5.74, 6) is -1.37. The Bertz CT molecular complexity index is 716. The van der Waals surface area contributed by atoms with Crippen molar-refractivity contribution >= 4 is 11.8 Å². The third-order valence-electron chi connectivity index (χ3n) is 7.87. The molecule has 7 atom stereocenters. The summed E-state index contributed by atoms with van der Waals surface area (Å²) in [6.07, 6.45) is 1.53. The molecule has 3 unspecified atom stereocenters. The fraction of sp³-hybridized carbons (Fsp3) is 0.818. The molecule has 6 heteroatoms. The van der Waals surface area contributed by atoms with Gasteiger partial charge in [-0.15, -0.1) is 6.58 Å². The third-order valence-corrected chi connectivity index (χ3v) is 7.87. The molecule has 0 amide bonds. The minimum absolute atomic E-state index is 0.0196. The summed E-state index contributed by atoms with van der Waals surface area (Å²) in [5.41, 5.74) is -5.79. The van der Waals surface area contributed by atoms with Crippen LogP contribution >= 0.6 is 0 Å². The van der Waals surface area contributed by atoms with Crippen molar-refractivity contribution in [3.63, 3.8) is 0 Å². The van der Waals surface area contributed by atoms with Crippen LogP contribution in [0.4, 0.5) is 0 Å². The molecule has 0 aromatic rings. The highest BCUT2D eigenvalue weighted by molar-refractivity contribution is 5.92. The summed E-state index contributed by atoms with van der Waals surface area (Å²) in [4.78, 5) is 25.5. The molecule has 0 aromatic heterocycles. The zero-order valence-electron chi connectivity index (χ0n) is 17.9. The van der Waals surface area contributed by atoms with Crippen LogP contribution in [-0.4, -0.2) is 51.0 Å². The number of aliphatic hydroxyl groups is 2. The first-order valence-corrected chi connectivity index (χ1v) is 10.1. The zero-order valence-corrected chi connectivity index (χ0v) is 17.9. The third kappa shape index (κ3) is 2.50. The van der Waals surface area contributed by atoms with Crippen molar-refractivity contribution in [3.05, 3.63) is 12.7 Å². The summed E-state index contributed by atoms with van der Waals surface area (Å²) < 4.78 is 11.9. The fourth-order valence-corrected chi connectivity index (χ4v) is 6.77. The Hall–Kier alpha value is -1.24. The van der Waals surface area contributed by atoms with Gasteiger partial charge >= 0.3 is 5.97 Å². The number of rotatable bonds is 2. The van der Waals surface area contributed by atoms with Crippen molar-refractivity contribution < 1.29 is 29.3 Å². The van der Waals surface area contributed by atoms with Gasteiger partial charge in [0.25, 0.3) is 0 Å². The van der Waals surface area contributed by atoms with Crippen molar-refractivity contribution in [2.24, 2.45) is 16.7 Å². The standard InChI is InChI=1S/C22H34O6/c1-8-19(5)12-14(24)22(26)20(6)11-9-10-18(3,4)16(20)15(25)17(27-13(2)23)21(22,7)28-19/h8,15-17,25-26H,1,9-12H2,2-7H3/t15-,16?,17-,19?,20-,21?,22+/m0/s1. The van der Waals surface area contributed by atoms with Crippen LogP contribution in [0, 0.1) is 16.7 Å². The highest BCUT2D eigenvalue weighted by Crippen LogP contribution is 2.66. The Morgan fingerprint density at radius 3 is 2.39 bits per heavy atom. The van der Waals surface area contributed by atoms with Crippen LogP contribution in [0.5, 0.6) is 0 Å². The Labute approximate surface area is 167 Å². The van der Waals surface area contributed by atoms with E-state index in [9.17, 15) is 19.8 Å². The lowest BCUT2D eigenvalue weighted by atomic mass is 9.40. The molecule has 3 aliphatic rings. The molecule has 2 saturated carbocycles. The molecule has 1 saturated heterocycles. The molecule has 0 aromatic carbocycles. The molecule has 28 heavy (non-hydrogen) atoms. The smallest absolute Gasteiger partial charge is 0.303 e. The first kappa shape index (κ1) is 21.5. The topological polar surface area (TPSA) is 93.1 Å². The van der Waals surface area contributed by atoms with Crippen molar-refractivity contribution in [2.75, 3.05) is 0 Å². The number of esters is 1. The molecule has 1 heterocycles. The van der Waals surface area contributed by atoms with E-state index in [1.807, 2.05) is 20.8 Å². The first-order chi connectivity index (χ1) is 12.7. The molecule has 1 aliphatic heterocycles. The van der Waals surface area contributed by atoms with Crippen LogP contribution in [0.25, 0.3) is 0 Å². The lowest BCUT2D eigenvalue weighted by Crippen LogP contribution is -2.84. The van der Waals surface area contributed by atoms with Gasteiger partial charge in [0, 0.05) is 24.7 Å². The van der Waals surface area contributed by atoms with Crippen molar-refractivity contribution in [2.45, 2.75) is 96.2 Å². The summed E-state index contributed by atoms with van der Waals surface area (Å²) >= 11 is 0. The molecule has 158 valence electrons. The van der Waals surface area contributed by atoms with Crippen molar-refractivity contribution in [3.8, 4) is 0 Å². The number of carbonyl (C=O) groups excluding carboxylic acids is 2. The number of fused-ring (bicyclic) bond motifs is 3. The highest BCUT2D eigenvalue weighted by atomic mass is 16.6. The van der Waals surface area contributed by atoms with E-state index in [1.54, 1.807) is 13.8 Å². The van der Waals surface area contributed by atoms with E-state index in [0.717, 1.165) is 12.8 Å². The molecule has 3 fully saturated rings. The van der Waals surface area contributed by atoms with Gasteiger partial charge in [0.05, 0.1) is 11.7 Å². The van der Waals surface area contributed by atoms with E-state index in [2.05, 4.69) is 6.58 Å². The SMILES string of the molecule is C=CC1(C)CC(=O)[C@]2(O)C(C)(O1)[C@@H](OC(C)=O)[C@@H](O)C1C(C)(C)CCC[C@@]12C. The minimum atomic E-state index is -1.90. The van der Waals surface area contributed by atoms with Gasteiger partial charge in [-0.25, -0.2) is 0 Å². The first-order valence-electron chi connectivity index (χ1n) is 10.1. The molecule has 3 rings (SSSR count). The lowest BCUT2D eigenvalue weighted by Gasteiger charge is -2.70. The van der Waals surface area contributed by atoms with Crippen LogP contribution in [-0.2, 0) is 19.1 Å². The van der Waals surface area contributed by atoms with Crippen molar-refractivity contribution in [1.82, 2.24) is 0 Å². The second-order valence-corrected chi connectivity index (χ2v) is 10.3. The Kier molecular flexibility index (Phi) is 4.70. The largest absolute Gasteiger partial charge is 0.457 e. The van der Waals surface area contributed by atoms with Crippen LogP contribution < -0.4 is 0 Å². The monoisotopic (exact) mass is 394 g/mol. The predicted molar refractivity (Wildman–Crippen MR) is 103 cm³/mol. The molecule has 0 radical (unpaired) electrons. The summed E-state index contributed by atoms with van der Waals surface area (Å²) in [6.45, 7) is 14.3. The molecule has 0 spiro atoms. The van der Waals surface area contributed by atoms with Gasteiger partial charge in [-0.2, -0.15) is 0 Å². The van der Waals surface area contributed by atoms with E-state index in [-0.39, 0.29) is 17.6 Å². The maximum atomic E-state index is 13.5. The maximum absolute atomic E-state index is 13.5. The quantitative estimate of drug-likeness (QED) is 0.552. The van der Waals surface area contributed by atoms with Gasteiger partial charge in [-0.05, 0) is 32.1 Å². The molecule has 2 N–H and O–H groups in total. The summed E-state index contributed by atoms with van der Waals surface area (Å²) in [5, 5.41) is 23.6. The number of hydrogen-bond donors (Lipinski definition) is 2. The Morgan fingerprint density at radius 2 is 1.86 bits per heavy atom. The number of carbonyl (C=O) groups is 2. The average molecular weight is 395 g/mol. The van der Waals surface area contributed by atoms with Gasteiger partial charge in [0.15, 0.2) is 17.5 Å². The number of ketones is 1. The van der Waals surface area contributed by atoms with Gasteiger partial charge < -0.3 is 19.7 Å². The fourth-order valence-electron chi connectivity index (χ4n) is 6.77. The molecular weight excluding hydrogens is 360 g/mol. The predicted octanol–water partition coefficient (Wildman–Crippen LogP) is 2.55. The van der Waals surface area contributed by atoms with E-state index < -0.39 is 46.3 Å². The van der Waals surface area contributed by atoms with Crippen LogP contribution in [0.3, 0.4) is 0 Å². The van der Waals surface area contributed by atoms with E-state index in [4.69, 9.17) is 9.47 Å². The average Bonchev–Trinajstić information content (AvgIpc) is 2.55. The molecular formula is C22H34O6. The normalized spacial score (nSPS) is 50.3. The van der Waals surface area contributed by atoms with Crippen molar-refractivity contribution in [1.29, 1.82) is 0 Å². The highest BCUT2D eigenvalue weighted by Gasteiger charge is 2.79. The summed E-state index contributed by atoms with van der Waals surface area (Å²) in [7, 11) is 0. The Morgan fingerprint density at radius 1 is 1.25 bits per heavy atom. The van der Waals surface area contributed by atoms with Crippen LogP contribution in [0.15, 0.2) is 12.7 Å². The lowest BCUT2D eigenvalue weighted by molar-refractivity contribution is -0.357. The Balaban J connectivity index is 2.28. The number of aliphatic hydroxyl groups excluding tert-OH is 1. The number of Topliss-reactive ketones (excluding diaryl/α,β-unsaturated/α-hetero) is 1. The van der Waals surface area contributed by atoms with Crippen LogP contribution in [0.1, 0.15) is 67.2 Å². The number of hydrogen-bond acceptors (Lipinski definition) is 6. The second-order valence-electron chi connectivity index (χ2n) is 10.3. The van der Waals surface area contributed by atoms with E-state index in [1.165, 1.54) is 13.0 Å². The van der Waals surface area contributed by atoms with Gasteiger partial charge in [-0.1, -0.05) is 33.3 Å². The van der Waals surface area contributed by atoms with Crippen LogP contribution in [0.2, 0.25) is 0 Å². The summed E-state index contributed by atoms with van der Waals surface area (Å²) in [6, 6.07) is 0. The minimum Gasteiger partial charge on any atom is -0.457 e. The zero-order chi connectivity index (χ0) is 21.3. The van der Waals surface area contributed by atoms with Gasteiger partial charge in [0.1, 0.15) is 5.60 Å². The maximum Gasteiger partial charge on any atom is 0.303 e. The second kappa shape index (κ2) is 6.13. The van der Waals surface area contributed by atoms with Gasteiger partial charge in [-0.3, -0.25) is 9.59 Å². The molecule has 6 nitrogen and oxygen atoms in total. The molecule has 2 aliphatic carbocycles. The molecule has 0 bridgehead atoms. The van der Waals surface area contributed by atoms with E-state index in [0.29, 0.717) is 6.42 Å².